The van der Waals surface area contributed by atoms with Gasteiger partial charge in [-0.2, -0.15) is 0 Å². The number of piperidine rings is 1. The number of nitrogens with zero attached hydrogens (tertiary/aromatic N) is 1. The zero-order valence-electron chi connectivity index (χ0n) is 10.5. The Hall–Kier alpha value is -1.75. The number of hydrogen-bond donors (Lipinski definition) is 3. The van der Waals surface area contributed by atoms with Crippen LogP contribution in [0.1, 0.15) is 18.4 Å². The van der Waals surface area contributed by atoms with E-state index in [1.54, 1.807) is 19.2 Å². The Labute approximate surface area is 107 Å². The fourth-order valence-corrected chi connectivity index (χ4v) is 2.30. The third-order valence-electron chi connectivity index (χ3n) is 3.23. The number of ether oxygens (including phenoxy) is 1. The molecule has 1 aromatic carbocycles. The maximum Gasteiger partial charge on any atom is 0.124 e. The number of nitrogens with one attached hydrogen (secondary N) is 1. The Morgan fingerprint density at radius 1 is 1.56 bits per heavy atom. The lowest BCUT2D eigenvalue weighted by atomic mass is 10.0. The van der Waals surface area contributed by atoms with Crippen LogP contribution in [0.25, 0.3) is 0 Å². The lowest BCUT2D eigenvalue weighted by molar-refractivity contribution is 0.154. The van der Waals surface area contributed by atoms with Crippen LogP contribution in [0.3, 0.4) is 0 Å². The molecule has 0 radical (unpaired) electrons. The number of benzene rings is 1. The van der Waals surface area contributed by atoms with Crippen LogP contribution in [0, 0.1) is 5.41 Å². The first-order valence-corrected chi connectivity index (χ1v) is 6.07. The molecule has 1 atom stereocenters. The van der Waals surface area contributed by atoms with Crippen molar-refractivity contribution in [3.63, 3.8) is 0 Å². The second-order valence-corrected chi connectivity index (χ2v) is 4.54. The van der Waals surface area contributed by atoms with Crippen LogP contribution in [0.15, 0.2) is 18.2 Å². The van der Waals surface area contributed by atoms with Crippen LogP contribution in [-0.2, 0) is 0 Å². The van der Waals surface area contributed by atoms with Gasteiger partial charge in [0, 0.05) is 24.7 Å². The van der Waals surface area contributed by atoms with E-state index in [9.17, 15) is 5.11 Å². The van der Waals surface area contributed by atoms with Crippen molar-refractivity contribution in [2.45, 2.75) is 18.9 Å². The van der Waals surface area contributed by atoms with Gasteiger partial charge in [-0.1, -0.05) is 0 Å². The van der Waals surface area contributed by atoms with Crippen molar-refractivity contribution >= 4 is 11.5 Å². The molecule has 1 heterocycles. The van der Waals surface area contributed by atoms with E-state index in [4.69, 9.17) is 15.9 Å². The van der Waals surface area contributed by atoms with Crippen LogP contribution in [0.2, 0.25) is 0 Å². The van der Waals surface area contributed by atoms with E-state index < -0.39 is 0 Å². The van der Waals surface area contributed by atoms with Gasteiger partial charge >= 0.3 is 0 Å². The third-order valence-corrected chi connectivity index (χ3v) is 3.23. The minimum Gasteiger partial charge on any atom is -0.497 e. The zero-order chi connectivity index (χ0) is 13.1. The van der Waals surface area contributed by atoms with Crippen molar-refractivity contribution in [1.29, 1.82) is 5.41 Å². The monoisotopic (exact) mass is 249 g/mol. The summed E-state index contributed by atoms with van der Waals surface area (Å²) in [4.78, 5) is 2.06. The van der Waals surface area contributed by atoms with Gasteiger partial charge in [0.15, 0.2) is 0 Å². The molecule has 4 N–H and O–H groups in total. The molecule has 1 aliphatic heterocycles. The van der Waals surface area contributed by atoms with Crippen LogP contribution in [0.5, 0.6) is 5.75 Å². The van der Waals surface area contributed by atoms with E-state index >= 15 is 0 Å². The number of nitrogens with two attached hydrogens (primary N) is 1. The molecule has 0 spiro atoms. The van der Waals surface area contributed by atoms with Gasteiger partial charge in [-0.3, -0.25) is 5.41 Å². The van der Waals surface area contributed by atoms with E-state index in [0.29, 0.717) is 12.1 Å². The van der Waals surface area contributed by atoms with Crippen LogP contribution in [-0.4, -0.2) is 37.2 Å². The van der Waals surface area contributed by atoms with Crippen molar-refractivity contribution in [1.82, 2.24) is 0 Å². The molecular weight excluding hydrogens is 230 g/mol. The molecule has 0 aromatic heterocycles. The molecular formula is C13H19N3O2. The first kappa shape index (κ1) is 12.7. The summed E-state index contributed by atoms with van der Waals surface area (Å²) in [5, 5.41) is 17.4. The molecule has 1 aromatic rings. The van der Waals surface area contributed by atoms with E-state index in [1.807, 2.05) is 6.07 Å². The fraction of sp³-hybridized carbons (Fsp3) is 0.462. The molecule has 98 valence electrons. The van der Waals surface area contributed by atoms with Crippen molar-refractivity contribution in [2.75, 3.05) is 25.1 Å². The highest BCUT2D eigenvalue weighted by molar-refractivity contribution is 6.00. The lowest BCUT2D eigenvalue weighted by Gasteiger charge is -2.33. The van der Waals surface area contributed by atoms with Gasteiger partial charge in [-0.15, -0.1) is 0 Å². The molecule has 1 fully saturated rings. The molecule has 0 aliphatic carbocycles. The van der Waals surface area contributed by atoms with Crippen molar-refractivity contribution < 1.29 is 9.84 Å². The van der Waals surface area contributed by atoms with Crippen molar-refractivity contribution in [2.24, 2.45) is 5.73 Å². The summed E-state index contributed by atoms with van der Waals surface area (Å²) in [6.45, 7) is 1.44. The number of β-amino-alcohol motifs (C(OH)–C–C–N with tert-alkyl or cyclic N) is 1. The minimum atomic E-state index is -0.315. The Kier molecular flexibility index (Phi) is 3.72. The normalized spacial score (nSPS) is 19.7. The highest BCUT2D eigenvalue weighted by atomic mass is 16.5. The maximum absolute atomic E-state index is 9.74. The minimum absolute atomic E-state index is 0.0349. The van der Waals surface area contributed by atoms with Gasteiger partial charge in [0.05, 0.1) is 18.9 Å². The van der Waals surface area contributed by atoms with Crippen LogP contribution < -0.4 is 15.4 Å². The number of amidine groups is 1. The summed E-state index contributed by atoms with van der Waals surface area (Å²) in [5.41, 5.74) is 7.15. The topological polar surface area (TPSA) is 82.6 Å². The predicted octanol–water partition coefficient (Wildman–Crippen LogP) is 0.940. The number of methoxy groups -OCH3 is 1. The summed E-state index contributed by atoms with van der Waals surface area (Å²) in [7, 11) is 1.61. The molecule has 5 nitrogen and oxygen atoms in total. The molecule has 1 saturated heterocycles. The summed E-state index contributed by atoms with van der Waals surface area (Å²) in [6.07, 6.45) is 1.45. The third kappa shape index (κ3) is 2.56. The number of hydrogen-bond acceptors (Lipinski definition) is 4. The maximum atomic E-state index is 9.74. The second kappa shape index (κ2) is 5.27. The standard InChI is InChI=1S/C13H19N3O2/c1-18-10-4-5-11(13(14)15)12(7-10)16-6-2-3-9(17)8-16/h4-5,7,9,17H,2-3,6,8H2,1H3,(H3,14,15). The molecule has 18 heavy (non-hydrogen) atoms. The van der Waals surface area contributed by atoms with Gasteiger partial charge in [0.25, 0.3) is 0 Å². The zero-order valence-corrected chi connectivity index (χ0v) is 10.5. The first-order chi connectivity index (χ1) is 8.61. The van der Waals surface area contributed by atoms with Crippen molar-refractivity contribution in [3.05, 3.63) is 23.8 Å². The Balaban J connectivity index is 2.36. The predicted molar refractivity (Wildman–Crippen MR) is 71.5 cm³/mol. The SMILES string of the molecule is COc1ccc(C(=N)N)c(N2CCCC(O)C2)c1. The number of nitrogen functional groups attached to an aromatic ring is 1. The van der Waals surface area contributed by atoms with E-state index in [-0.39, 0.29) is 11.9 Å². The number of aliphatic hydroxyl groups is 1. The van der Waals surface area contributed by atoms with E-state index in [0.717, 1.165) is 30.8 Å². The average Bonchev–Trinajstić information content (AvgIpc) is 2.38. The molecule has 1 unspecified atom stereocenters. The second-order valence-electron chi connectivity index (χ2n) is 4.54. The summed E-state index contributed by atoms with van der Waals surface area (Å²) in [6, 6.07) is 5.45. The van der Waals surface area contributed by atoms with Crippen LogP contribution in [0.4, 0.5) is 5.69 Å². The van der Waals surface area contributed by atoms with E-state index in [2.05, 4.69) is 4.90 Å². The van der Waals surface area contributed by atoms with Crippen molar-refractivity contribution in [3.8, 4) is 5.75 Å². The molecule has 2 rings (SSSR count). The highest BCUT2D eigenvalue weighted by Gasteiger charge is 2.21. The van der Waals surface area contributed by atoms with Crippen LogP contribution >= 0.6 is 0 Å². The summed E-state index contributed by atoms with van der Waals surface area (Å²) >= 11 is 0. The number of anilines is 1. The first-order valence-electron chi connectivity index (χ1n) is 6.07. The fourth-order valence-electron chi connectivity index (χ4n) is 2.30. The highest BCUT2D eigenvalue weighted by Crippen LogP contribution is 2.28. The largest absolute Gasteiger partial charge is 0.497 e. The number of rotatable bonds is 3. The van der Waals surface area contributed by atoms with E-state index in [1.165, 1.54) is 0 Å². The summed E-state index contributed by atoms with van der Waals surface area (Å²) in [5.74, 6) is 0.766. The smallest absolute Gasteiger partial charge is 0.124 e. The molecule has 1 aliphatic rings. The van der Waals surface area contributed by atoms with Gasteiger partial charge in [-0.05, 0) is 25.0 Å². The number of aliphatic hydroxyl groups excluding tert-OH is 1. The van der Waals surface area contributed by atoms with Gasteiger partial charge in [0.1, 0.15) is 11.6 Å². The Morgan fingerprint density at radius 3 is 2.94 bits per heavy atom. The Morgan fingerprint density at radius 2 is 2.33 bits per heavy atom. The average molecular weight is 249 g/mol. The quantitative estimate of drug-likeness (QED) is 0.550. The molecule has 0 saturated carbocycles. The van der Waals surface area contributed by atoms with Gasteiger partial charge < -0.3 is 20.5 Å². The molecule has 0 bridgehead atoms. The van der Waals surface area contributed by atoms with Gasteiger partial charge in [-0.25, -0.2) is 0 Å². The lowest BCUT2D eigenvalue weighted by Crippen LogP contribution is -2.39. The van der Waals surface area contributed by atoms with Gasteiger partial charge in [0.2, 0.25) is 0 Å². The molecule has 0 amide bonds. The summed E-state index contributed by atoms with van der Waals surface area (Å²) < 4.78 is 5.21. The Bertz CT molecular complexity index is 448. The molecule has 5 heteroatoms.